The van der Waals surface area contributed by atoms with Crippen molar-refractivity contribution in [2.75, 3.05) is 19.0 Å². The summed E-state index contributed by atoms with van der Waals surface area (Å²) in [6, 6.07) is 14.8. The Morgan fingerprint density at radius 2 is 1.95 bits per heavy atom. The lowest BCUT2D eigenvalue weighted by molar-refractivity contribution is 0.0526. The number of rotatable bonds is 5. The third-order valence-electron chi connectivity index (χ3n) is 2.76. The van der Waals surface area contributed by atoms with Crippen LogP contribution in [0, 0.1) is 0 Å². The molecule has 0 unspecified atom stereocenters. The molecule has 0 aliphatic carbocycles. The number of hydrogen-bond acceptors (Lipinski definition) is 4. The third kappa shape index (κ3) is 3.29. The van der Waals surface area contributed by atoms with Crippen molar-refractivity contribution in [3.8, 4) is 5.75 Å². The summed E-state index contributed by atoms with van der Waals surface area (Å²) < 4.78 is 10.3. The van der Waals surface area contributed by atoms with E-state index in [-0.39, 0.29) is 5.97 Å². The Balaban J connectivity index is 2.21. The molecule has 1 N–H and O–H groups in total. The van der Waals surface area contributed by atoms with Gasteiger partial charge in [-0.15, -0.1) is 0 Å². The Bertz CT molecular complexity index is 596. The van der Waals surface area contributed by atoms with Gasteiger partial charge in [-0.3, -0.25) is 0 Å². The van der Waals surface area contributed by atoms with Crippen LogP contribution in [0.2, 0.25) is 0 Å². The minimum Gasteiger partial charge on any atom is -0.495 e. The van der Waals surface area contributed by atoms with Crippen molar-refractivity contribution in [3.63, 3.8) is 0 Å². The first kappa shape index (κ1) is 13.9. The Labute approximate surface area is 118 Å². The maximum Gasteiger partial charge on any atom is 0.338 e. The first-order valence-electron chi connectivity index (χ1n) is 6.42. The van der Waals surface area contributed by atoms with E-state index in [2.05, 4.69) is 5.32 Å². The highest BCUT2D eigenvalue weighted by atomic mass is 16.5. The molecule has 0 bridgehead atoms. The largest absolute Gasteiger partial charge is 0.495 e. The number of carbonyl (C=O) groups excluding carboxylic acids is 1. The highest BCUT2D eigenvalue weighted by Crippen LogP contribution is 2.27. The van der Waals surface area contributed by atoms with E-state index in [1.165, 1.54) is 0 Å². The fourth-order valence-corrected chi connectivity index (χ4v) is 1.84. The van der Waals surface area contributed by atoms with Gasteiger partial charge in [0.15, 0.2) is 0 Å². The van der Waals surface area contributed by atoms with Crippen LogP contribution in [0.4, 0.5) is 11.4 Å². The summed E-state index contributed by atoms with van der Waals surface area (Å²) in [7, 11) is 1.62. The van der Waals surface area contributed by atoms with Crippen LogP contribution in [0.15, 0.2) is 48.5 Å². The highest BCUT2D eigenvalue weighted by molar-refractivity contribution is 5.90. The van der Waals surface area contributed by atoms with Gasteiger partial charge in [-0.2, -0.15) is 0 Å². The molecule has 0 heterocycles. The van der Waals surface area contributed by atoms with Crippen molar-refractivity contribution in [2.45, 2.75) is 6.92 Å². The number of anilines is 2. The predicted octanol–water partition coefficient (Wildman–Crippen LogP) is 3.62. The topological polar surface area (TPSA) is 47.6 Å². The SMILES string of the molecule is CCOC(=O)c1cccc(Nc2ccccc2OC)c1. The van der Waals surface area contributed by atoms with Crippen LogP contribution in [-0.4, -0.2) is 19.7 Å². The van der Waals surface area contributed by atoms with Gasteiger partial charge in [-0.25, -0.2) is 4.79 Å². The molecule has 0 saturated carbocycles. The van der Waals surface area contributed by atoms with Crippen molar-refractivity contribution in [1.29, 1.82) is 0 Å². The highest BCUT2D eigenvalue weighted by Gasteiger charge is 2.08. The minimum atomic E-state index is -0.323. The minimum absolute atomic E-state index is 0.323. The standard InChI is InChI=1S/C16H17NO3/c1-3-20-16(18)12-7-6-8-13(11-12)17-14-9-4-5-10-15(14)19-2/h4-11,17H,3H2,1-2H3. The van der Waals surface area contributed by atoms with E-state index in [1.807, 2.05) is 36.4 Å². The van der Waals surface area contributed by atoms with E-state index < -0.39 is 0 Å². The molecule has 104 valence electrons. The van der Waals surface area contributed by atoms with Crippen molar-refractivity contribution >= 4 is 17.3 Å². The molecule has 2 rings (SSSR count). The van der Waals surface area contributed by atoms with Gasteiger partial charge in [0.1, 0.15) is 5.75 Å². The molecule has 0 spiro atoms. The van der Waals surface area contributed by atoms with Gasteiger partial charge < -0.3 is 14.8 Å². The van der Waals surface area contributed by atoms with E-state index in [4.69, 9.17) is 9.47 Å². The van der Waals surface area contributed by atoms with E-state index in [0.717, 1.165) is 17.1 Å². The molecule has 0 aromatic heterocycles. The normalized spacial score (nSPS) is 9.90. The molecule has 2 aromatic rings. The van der Waals surface area contributed by atoms with Crippen LogP contribution in [-0.2, 0) is 4.74 Å². The fraction of sp³-hybridized carbons (Fsp3) is 0.188. The Morgan fingerprint density at radius 3 is 2.70 bits per heavy atom. The summed E-state index contributed by atoms with van der Waals surface area (Å²) >= 11 is 0. The summed E-state index contributed by atoms with van der Waals surface area (Å²) in [5.41, 5.74) is 2.17. The number of para-hydroxylation sites is 2. The number of nitrogens with one attached hydrogen (secondary N) is 1. The number of benzene rings is 2. The maximum atomic E-state index is 11.7. The van der Waals surface area contributed by atoms with Gasteiger partial charge in [0.05, 0.1) is 25.0 Å². The van der Waals surface area contributed by atoms with Gasteiger partial charge in [0.2, 0.25) is 0 Å². The molecule has 0 saturated heterocycles. The Hall–Kier alpha value is -2.49. The smallest absolute Gasteiger partial charge is 0.338 e. The van der Waals surface area contributed by atoms with E-state index >= 15 is 0 Å². The molecule has 0 radical (unpaired) electrons. The molecule has 4 nitrogen and oxygen atoms in total. The van der Waals surface area contributed by atoms with E-state index in [9.17, 15) is 4.79 Å². The lowest BCUT2D eigenvalue weighted by Crippen LogP contribution is -2.05. The summed E-state index contributed by atoms with van der Waals surface area (Å²) in [6.45, 7) is 2.15. The summed E-state index contributed by atoms with van der Waals surface area (Å²) in [5, 5.41) is 3.23. The summed E-state index contributed by atoms with van der Waals surface area (Å²) in [6.07, 6.45) is 0. The Kier molecular flexibility index (Phi) is 4.60. The molecular weight excluding hydrogens is 254 g/mol. The van der Waals surface area contributed by atoms with Crippen LogP contribution in [0.3, 0.4) is 0 Å². The van der Waals surface area contributed by atoms with Gasteiger partial charge in [-0.05, 0) is 37.3 Å². The van der Waals surface area contributed by atoms with Gasteiger partial charge in [0.25, 0.3) is 0 Å². The first-order chi connectivity index (χ1) is 9.74. The average molecular weight is 271 g/mol. The summed E-state index contributed by atoms with van der Waals surface area (Å²) in [5.74, 6) is 0.421. The van der Waals surface area contributed by atoms with Crippen LogP contribution < -0.4 is 10.1 Å². The quantitative estimate of drug-likeness (QED) is 0.844. The second kappa shape index (κ2) is 6.61. The molecule has 0 aliphatic rings. The lowest BCUT2D eigenvalue weighted by Gasteiger charge is -2.11. The van der Waals surface area contributed by atoms with Crippen molar-refractivity contribution < 1.29 is 14.3 Å². The lowest BCUT2D eigenvalue weighted by atomic mass is 10.2. The molecule has 20 heavy (non-hydrogen) atoms. The first-order valence-corrected chi connectivity index (χ1v) is 6.42. The summed E-state index contributed by atoms with van der Waals surface area (Å²) in [4.78, 5) is 11.7. The van der Waals surface area contributed by atoms with Gasteiger partial charge in [0, 0.05) is 5.69 Å². The number of hydrogen-bond donors (Lipinski definition) is 1. The van der Waals surface area contributed by atoms with Crippen molar-refractivity contribution in [3.05, 3.63) is 54.1 Å². The molecule has 4 heteroatoms. The number of ether oxygens (including phenoxy) is 2. The van der Waals surface area contributed by atoms with Crippen LogP contribution in [0.25, 0.3) is 0 Å². The van der Waals surface area contributed by atoms with Crippen molar-refractivity contribution in [1.82, 2.24) is 0 Å². The molecule has 0 aliphatic heterocycles. The van der Waals surface area contributed by atoms with Crippen LogP contribution >= 0.6 is 0 Å². The van der Waals surface area contributed by atoms with E-state index in [1.54, 1.807) is 26.2 Å². The molecule has 0 fully saturated rings. The van der Waals surface area contributed by atoms with Crippen LogP contribution in [0.1, 0.15) is 17.3 Å². The number of esters is 1. The van der Waals surface area contributed by atoms with E-state index in [0.29, 0.717) is 12.2 Å². The van der Waals surface area contributed by atoms with Gasteiger partial charge in [-0.1, -0.05) is 18.2 Å². The predicted molar refractivity (Wildman–Crippen MR) is 78.7 cm³/mol. The Morgan fingerprint density at radius 1 is 1.15 bits per heavy atom. The maximum absolute atomic E-state index is 11.7. The second-order valence-electron chi connectivity index (χ2n) is 4.13. The molecule has 2 aromatic carbocycles. The third-order valence-corrected chi connectivity index (χ3v) is 2.76. The molecular formula is C16H17NO3. The average Bonchev–Trinajstić information content (AvgIpc) is 2.48. The van der Waals surface area contributed by atoms with Crippen LogP contribution in [0.5, 0.6) is 5.75 Å². The second-order valence-corrected chi connectivity index (χ2v) is 4.13. The number of carbonyl (C=O) groups is 1. The van der Waals surface area contributed by atoms with Gasteiger partial charge >= 0.3 is 5.97 Å². The molecule has 0 amide bonds. The monoisotopic (exact) mass is 271 g/mol. The zero-order valence-corrected chi connectivity index (χ0v) is 11.6. The fourth-order valence-electron chi connectivity index (χ4n) is 1.84. The zero-order valence-electron chi connectivity index (χ0n) is 11.6. The number of methoxy groups -OCH3 is 1. The molecule has 0 atom stereocenters. The van der Waals surface area contributed by atoms with Crippen molar-refractivity contribution in [2.24, 2.45) is 0 Å². The zero-order chi connectivity index (χ0) is 14.4.